The molecule has 0 bridgehead atoms. The van der Waals surface area contributed by atoms with Crippen LogP contribution in [0.25, 0.3) is 0 Å². The number of hydrogen-bond donors (Lipinski definition) is 2. The summed E-state index contributed by atoms with van der Waals surface area (Å²) in [6.07, 6.45) is 0.105. The monoisotopic (exact) mass is 361 g/mol. The van der Waals surface area contributed by atoms with Gasteiger partial charge in [-0.1, -0.05) is 25.6 Å². The highest BCUT2D eigenvalue weighted by Crippen LogP contribution is 2.18. The molecule has 6 nitrogen and oxygen atoms in total. The van der Waals surface area contributed by atoms with Crippen LogP contribution < -0.4 is 15.6 Å². The Hall–Kier alpha value is -2.28. The Morgan fingerprint density at radius 3 is 2.52 bits per heavy atom. The number of carbonyl (C=O) groups excluding carboxylic acids is 1. The first-order chi connectivity index (χ1) is 11.8. The first kappa shape index (κ1) is 19.1. The Balaban J connectivity index is 1.91. The lowest BCUT2D eigenvalue weighted by Gasteiger charge is -2.10. The maximum Gasteiger partial charge on any atom is 0.251 e. The summed E-state index contributed by atoms with van der Waals surface area (Å²) in [4.78, 5) is 30.7. The fraction of sp³-hybridized carbons (Fsp3) is 0.389. The zero-order chi connectivity index (χ0) is 18.4. The largest absolute Gasteiger partial charge is 0.491 e. The first-order valence-electron chi connectivity index (χ1n) is 8.14. The molecule has 1 aromatic heterocycles. The van der Waals surface area contributed by atoms with Gasteiger partial charge in [-0.3, -0.25) is 9.59 Å². The van der Waals surface area contributed by atoms with Gasteiger partial charge in [0.15, 0.2) is 5.16 Å². The van der Waals surface area contributed by atoms with Crippen LogP contribution in [0, 0.1) is 0 Å². The molecule has 25 heavy (non-hydrogen) atoms. The standard InChI is InChI=1S/C18H23N3O3S/c1-11(2)15-9-16(22)21-18(20-15)25-10-17(23)19-13-5-7-14(8-6-13)24-12(3)4/h5-9,11-12H,10H2,1-4H3,(H,19,23)(H,20,21,22). The molecule has 2 rings (SSSR count). The minimum Gasteiger partial charge on any atom is -0.491 e. The maximum absolute atomic E-state index is 12.1. The van der Waals surface area contributed by atoms with E-state index in [1.54, 1.807) is 12.1 Å². The van der Waals surface area contributed by atoms with Gasteiger partial charge in [-0.2, -0.15) is 0 Å². The van der Waals surface area contributed by atoms with Crippen LogP contribution in [-0.4, -0.2) is 27.7 Å². The Labute approximate surface area is 151 Å². The summed E-state index contributed by atoms with van der Waals surface area (Å²) >= 11 is 1.20. The highest BCUT2D eigenvalue weighted by Gasteiger charge is 2.09. The second-order valence-corrected chi connectivity index (χ2v) is 7.12. The molecule has 1 heterocycles. The quantitative estimate of drug-likeness (QED) is 0.583. The number of nitrogens with one attached hydrogen (secondary N) is 2. The van der Waals surface area contributed by atoms with E-state index in [9.17, 15) is 9.59 Å². The predicted molar refractivity (Wildman–Crippen MR) is 101 cm³/mol. The number of nitrogens with zero attached hydrogens (tertiary/aromatic N) is 1. The van der Waals surface area contributed by atoms with E-state index in [1.165, 1.54) is 17.8 Å². The fourth-order valence-electron chi connectivity index (χ4n) is 2.04. The number of amides is 1. The number of aromatic amines is 1. The highest BCUT2D eigenvalue weighted by molar-refractivity contribution is 7.99. The van der Waals surface area contributed by atoms with Crippen molar-refractivity contribution in [2.45, 2.75) is 44.9 Å². The van der Waals surface area contributed by atoms with Crippen molar-refractivity contribution in [3.05, 3.63) is 46.4 Å². The van der Waals surface area contributed by atoms with E-state index in [0.29, 0.717) is 16.5 Å². The summed E-state index contributed by atoms with van der Waals surface area (Å²) in [7, 11) is 0. The van der Waals surface area contributed by atoms with Gasteiger partial charge in [-0.05, 0) is 44.0 Å². The van der Waals surface area contributed by atoms with Crippen molar-refractivity contribution in [2.24, 2.45) is 0 Å². The van der Waals surface area contributed by atoms with E-state index < -0.39 is 0 Å². The average molecular weight is 361 g/mol. The summed E-state index contributed by atoms with van der Waals surface area (Å²) in [6, 6.07) is 8.69. The Bertz CT molecular complexity index is 770. The van der Waals surface area contributed by atoms with E-state index in [-0.39, 0.29) is 29.2 Å². The van der Waals surface area contributed by atoms with Gasteiger partial charge in [0, 0.05) is 11.8 Å². The second-order valence-electron chi connectivity index (χ2n) is 6.16. The molecule has 134 valence electrons. The lowest BCUT2D eigenvalue weighted by molar-refractivity contribution is -0.113. The molecule has 2 N–H and O–H groups in total. The van der Waals surface area contributed by atoms with Crippen molar-refractivity contribution < 1.29 is 9.53 Å². The van der Waals surface area contributed by atoms with Crippen LogP contribution in [0.3, 0.4) is 0 Å². The summed E-state index contributed by atoms with van der Waals surface area (Å²) in [6.45, 7) is 7.85. The summed E-state index contributed by atoms with van der Waals surface area (Å²) < 4.78 is 5.56. The fourth-order valence-corrected chi connectivity index (χ4v) is 2.72. The van der Waals surface area contributed by atoms with Crippen molar-refractivity contribution in [3.63, 3.8) is 0 Å². The van der Waals surface area contributed by atoms with E-state index in [0.717, 1.165) is 5.75 Å². The van der Waals surface area contributed by atoms with E-state index in [1.807, 2.05) is 39.8 Å². The van der Waals surface area contributed by atoms with Crippen LogP contribution in [0.15, 0.2) is 40.3 Å². The molecule has 0 radical (unpaired) electrons. The smallest absolute Gasteiger partial charge is 0.251 e. The molecule has 0 fully saturated rings. The lowest BCUT2D eigenvalue weighted by atomic mass is 10.1. The number of ether oxygens (including phenoxy) is 1. The molecule has 0 aliphatic carbocycles. The Kier molecular flexibility index (Phi) is 6.64. The molecule has 0 aliphatic rings. The molecular formula is C18H23N3O3S. The molecule has 0 unspecified atom stereocenters. The van der Waals surface area contributed by atoms with Crippen LogP contribution >= 0.6 is 11.8 Å². The van der Waals surface area contributed by atoms with E-state index in [2.05, 4.69) is 15.3 Å². The van der Waals surface area contributed by atoms with Crippen molar-refractivity contribution in [1.82, 2.24) is 9.97 Å². The van der Waals surface area contributed by atoms with Crippen LogP contribution in [0.1, 0.15) is 39.3 Å². The Morgan fingerprint density at radius 1 is 1.24 bits per heavy atom. The molecule has 7 heteroatoms. The molecule has 1 aromatic carbocycles. The van der Waals surface area contributed by atoms with Crippen LogP contribution in [-0.2, 0) is 4.79 Å². The SMILES string of the molecule is CC(C)Oc1ccc(NC(=O)CSc2nc(C(C)C)cc(=O)[nH]2)cc1. The number of rotatable bonds is 7. The molecule has 2 aromatic rings. The van der Waals surface area contributed by atoms with Crippen LogP contribution in [0.5, 0.6) is 5.75 Å². The second kappa shape index (κ2) is 8.71. The minimum atomic E-state index is -0.206. The lowest BCUT2D eigenvalue weighted by Crippen LogP contribution is -2.16. The van der Waals surface area contributed by atoms with Crippen LogP contribution in [0.4, 0.5) is 5.69 Å². The predicted octanol–water partition coefficient (Wildman–Crippen LogP) is 3.41. The maximum atomic E-state index is 12.1. The number of hydrogen-bond acceptors (Lipinski definition) is 5. The molecule has 0 aliphatic heterocycles. The van der Waals surface area contributed by atoms with Gasteiger partial charge in [-0.25, -0.2) is 4.98 Å². The number of anilines is 1. The molecular weight excluding hydrogens is 338 g/mol. The number of benzene rings is 1. The van der Waals surface area contributed by atoms with Gasteiger partial charge in [0.25, 0.3) is 5.56 Å². The van der Waals surface area contributed by atoms with Gasteiger partial charge >= 0.3 is 0 Å². The molecule has 0 spiro atoms. The third-order valence-corrected chi connectivity index (χ3v) is 4.05. The number of aromatic nitrogens is 2. The van der Waals surface area contributed by atoms with Gasteiger partial charge in [0.2, 0.25) is 5.91 Å². The third-order valence-electron chi connectivity index (χ3n) is 3.18. The zero-order valence-electron chi connectivity index (χ0n) is 14.8. The zero-order valence-corrected chi connectivity index (χ0v) is 15.6. The Morgan fingerprint density at radius 2 is 1.92 bits per heavy atom. The van der Waals surface area contributed by atoms with Crippen molar-refractivity contribution >= 4 is 23.4 Å². The van der Waals surface area contributed by atoms with Gasteiger partial charge in [0.1, 0.15) is 5.75 Å². The van der Waals surface area contributed by atoms with E-state index >= 15 is 0 Å². The minimum absolute atomic E-state index is 0.105. The van der Waals surface area contributed by atoms with Crippen molar-refractivity contribution in [2.75, 3.05) is 11.1 Å². The molecule has 0 saturated heterocycles. The number of thioether (sulfide) groups is 1. The van der Waals surface area contributed by atoms with Gasteiger partial charge < -0.3 is 15.0 Å². The summed E-state index contributed by atoms with van der Waals surface area (Å²) in [5.74, 6) is 0.909. The molecule has 0 atom stereocenters. The number of H-pyrrole nitrogens is 1. The molecule has 1 amide bonds. The summed E-state index contributed by atoms with van der Waals surface area (Å²) in [5, 5.41) is 3.26. The highest BCUT2D eigenvalue weighted by atomic mass is 32.2. The van der Waals surface area contributed by atoms with E-state index in [4.69, 9.17) is 4.74 Å². The summed E-state index contributed by atoms with van der Waals surface area (Å²) in [5.41, 5.74) is 1.20. The molecule has 0 saturated carbocycles. The first-order valence-corrected chi connectivity index (χ1v) is 9.12. The average Bonchev–Trinajstić information content (AvgIpc) is 2.54. The topological polar surface area (TPSA) is 84.1 Å². The van der Waals surface area contributed by atoms with Gasteiger partial charge in [-0.15, -0.1) is 0 Å². The number of carbonyl (C=O) groups is 1. The van der Waals surface area contributed by atoms with Gasteiger partial charge in [0.05, 0.1) is 17.6 Å². The van der Waals surface area contributed by atoms with Crippen molar-refractivity contribution in [1.29, 1.82) is 0 Å². The van der Waals surface area contributed by atoms with Crippen LogP contribution in [0.2, 0.25) is 0 Å². The third kappa shape index (κ3) is 6.26. The van der Waals surface area contributed by atoms with Crippen molar-refractivity contribution in [3.8, 4) is 5.75 Å². The normalized spacial score (nSPS) is 11.0.